The van der Waals surface area contributed by atoms with E-state index < -0.39 is 5.82 Å². The second kappa shape index (κ2) is 4.98. The summed E-state index contributed by atoms with van der Waals surface area (Å²) in [6.07, 6.45) is 0.0724. The molecule has 1 nitrogen and oxygen atoms in total. The summed E-state index contributed by atoms with van der Waals surface area (Å²) in [6.45, 7) is 1.93. The van der Waals surface area contributed by atoms with Gasteiger partial charge in [-0.05, 0) is 36.8 Å². The number of benzene rings is 1. The maximum Gasteiger partial charge on any atom is 0.177 e. The van der Waals surface area contributed by atoms with Gasteiger partial charge in [0.1, 0.15) is 5.82 Å². The summed E-state index contributed by atoms with van der Waals surface area (Å²) in [5.74, 6) is -0.497. The number of hydrogen-bond donors (Lipinski definition) is 0. The highest BCUT2D eigenvalue weighted by molar-refractivity contribution is 7.14. The second-order valence-electron chi connectivity index (χ2n) is 3.75. The molecule has 0 unspecified atom stereocenters. The lowest BCUT2D eigenvalue weighted by atomic mass is 10.1. The molecular weight excluding hydrogens is 259 g/mol. The third kappa shape index (κ3) is 2.93. The molecule has 1 aromatic heterocycles. The summed E-state index contributed by atoms with van der Waals surface area (Å²) >= 11 is 7.08. The molecule has 0 amide bonds. The zero-order chi connectivity index (χ0) is 12.4. The second-order valence-corrected chi connectivity index (χ2v) is 5.47. The molecule has 1 heterocycles. The van der Waals surface area contributed by atoms with Crippen molar-refractivity contribution in [3.05, 3.63) is 56.5 Å². The van der Waals surface area contributed by atoms with Gasteiger partial charge in [-0.3, -0.25) is 4.79 Å². The summed E-state index contributed by atoms with van der Waals surface area (Å²) in [4.78, 5) is 13.6. The molecule has 0 aliphatic rings. The molecule has 88 valence electrons. The van der Waals surface area contributed by atoms with Gasteiger partial charge in [-0.1, -0.05) is 17.7 Å². The van der Waals surface area contributed by atoms with E-state index in [1.807, 2.05) is 13.0 Å². The number of halogens is 2. The van der Waals surface area contributed by atoms with Crippen LogP contribution in [0.4, 0.5) is 4.39 Å². The van der Waals surface area contributed by atoms with Crippen LogP contribution in [-0.4, -0.2) is 5.78 Å². The van der Waals surface area contributed by atoms with Crippen molar-refractivity contribution in [1.82, 2.24) is 0 Å². The predicted molar refractivity (Wildman–Crippen MR) is 68.5 cm³/mol. The molecule has 0 fully saturated rings. The van der Waals surface area contributed by atoms with Crippen molar-refractivity contribution < 1.29 is 9.18 Å². The first kappa shape index (κ1) is 12.3. The maximum atomic E-state index is 13.5. The summed E-state index contributed by atoms with van der Waals surface area (Å²) in [6, 6.07) is 8.03. The van der Waals surface area contributed by atoms with E-state index in [1.54, 1.807) is 18.2 Å². The lowest BCUT2D eigenvalue weighted by Crippen LogP contribution is -2.03. The highest BCUT2D eigenvalue weighted by Crippen LogP contribution is 2.20. The predicted octanol–water partition coefficient (Wildman–Crippen LogP) is 4.27. The number of Topliss-reactive ketones (excluding diaryl/α,β-unsaturated/α-hetero) is 1. The first-order valence-electron chi connectivity index (χ1n) is 5.10. The fraction of sp³-hybridized carbons (Fsp3) is 0.154. The average molecular weight is 269 g/mol. The first-order chi connectivity index (χ1) is 8.06. The van der Waals surface area contributed by atoms with Crippen molar-refractivity contribution in [2.24, 2.45) is 0 Å². The minimum Gasteiger partial charge on any atom is -0.293 e. The van der Waals surface area contributed by atoms with Gasteiger partial charge >= 0.3 is 0 Å². The molecule has 0 aliphatic heterocycles. The lowest BCUT2D eigenvalue weighted by Gasteiger charge is -2.01. The summed E-state index contributed by atoms with van der Waals surface area (Å²) < 4.78 is 13.5. The Bertz CT molecular complexity index is 562. The fourth-order valence-electron chi connectivity index (χ4n) is 1.51. The Hall–Kier alpha value is -1.19. The van der Waals surface area contributed by atoms with E-state index in [4.69, 9.17) is 11.6 Å². The Kier molecular flexibility index (Phi) is 3.60. The third-order valence-electron chi connectivity index (χ3n) is 2.38. The van der Waals surface area contributed by atoms with Gasteiger partial charge < -0.3 is 0 Å². The normalized spacial score (nSPS) is 10.5. The van der Waals surface area contributed by atoms with Crippen molar-refractivity contribution in [3.63, 3.8) is 0 Å². The van der Waals surface area contributed by atoms with Crippen LogP contribution in [0.5, 0.6) is 0 Å². The molecule has 0 bridgehead atoms. The van der Waals surface area contributed by atoms with Gasteiger partial charge in [0.25, 0.3) is 0 Å². The molecule has 0 spiro atoms. The molecule has 0 aliphatic carbocycles. The number of thiophene rings is 1. The van der Waals surface area contributed by atoms with Gasteiger partial charge in [-0.2, -0.15) is 0 Å². The number of ketones is 1. The van der Waals surface area contributed by atoms with E-state index in [0.717, 1.165) is 4.88 Å². The number of carbonyl (C=O) groups is 1. The summed E-state index contributed by atoms with van der Waals surface area (Å²) in [5.41, 5.74) is 0.380. The van der Waals surface area contributed by atoms with Crippen molar-refractivity contribution in [2.75, 3.05) is 0 Å². The topological polar surface area (TPSA) is 17.1 Å². The molecule has 2 aromatic rings. The Morgan fingerprint density at radius 2 is 2.12 bits per heavy atom. The smallest absolute Gasteiger partial charge is 0.177 e. The van der Waals surface area contributed by atoms with E-state index in [2.05, 4.69) is 0 Å². The van der Waals surface area contributed by atoms with Crippen LogP contribution >= 0.6 is 22.9 Å². The van der Waals surface area contributed by atoms with E-state index in [0.29, 0.717) is 15.5 Å². The van der Waals surface area contributed by atoms with Gasteiger partial charge in [0.05, 0.1) is 4.88 Å². The Balaban J connectivity index is 2.18. The zero-order valence-electron chi connectivity index (χ0n) is 9.17. The Morgan fingerprint density at radius 1 is 1.35 bits per heavy atom. The quantitative estimate of drug-likeness (QED) is 0.760. The van der Waals surface area contributed by atoms with E-state index in [-0.39, 0.29) is 12.2 Å². The van der Waals surface area contributed by atoms with Crippen LogP contribution in [0.2, 0.25) is 5.02 Å². The van der Waals surface area contributed by atoms with Crippen LogP contribution in [0, 0.1) is 12.7 Å². The Labute approximate surface area is 108 Å². The lowest BCUT2D eigenvalue weighted by molar-refractivity contribution is 0.0995. The van der Waals surface area contributed by atoms with Crippen LogP contribution in [0.3, 0.4) is 0 Å². The van der Waals surface area contributed by atoms with Gasteiger partial charge in [-0.15, -0.1) is 11.3 Å². The van der Waals surface area contributed by atoms with E-state index in [1.165, 1.54) is 17.4 Å². The minimum atomic E-state index is -0.431. The summed E-state index contributed by atoms with van der Waals surface area (Å²) in [5, 5.41) is 0.339. The number of hydrogen-bond acceptors (Lipinski definition) is 2. The van der Waals surface area contributed by atoms with Crippen molar-refractivity contribution in [3.8, 4) is 0 Å². The molecule has 0 saturated carbocycles. The SMILES string of the molecule is Cc1ccc(C(=O)Cc2ccc(Cl)cc2F)s1. The highest BCUT2D eigenvalue weighted by Gasteiger charge is 2.12. The molecule has 0 saturated heterocycles. The molecule has 4 heteroatoms. The van der Waals surface area contributed by atoms with Gasteiger partial charge in [-0.25, -0.2) is 4.39 Å². The first-order valence-corrected chi connectivity index (χ1v) is 6.29. The molecule has 1 aromatic carbocycles. The van der Waals surface area contributed by atoms with Crippen LogP contribution in [0.15, 0.2) is 30.3 Å². The maximum absolute atomic E-state index is 13.5. The van der Waals surface area contributed by atoms with E-state index >= 15 is 0 Å². The van der Waals surface area contributed by atoms with Crippen molar-refractivity contribution in [1.29, 1.82) is 0 Å². The standard InChI is InChI=1S/C13H10ClFOS/c1-8-2-5-13(17-8)12(16)6-9-3-4-10(14)7-11(9)15/h2-5,7H,6H2,1H3. The molecule has 2 rings (SSSR count). The van der Waals surface area contributed by atoms with Crippen LogP contribution in [0.1, 0.15) is 20.1 Å². The third-order valence-corrected chi connectivity index (χ3v) is 3.66. The fourth-order valence-corrected chi connectivity index (χ4v) is 2.47. The summed E-state index contributed by atoms with van der Waals surface area (Å²) in [7, 11) is 0. The number of carbonyl (C=O) groups excluding carboxylic acids is 1. The van der Waals surface area contributed by atoms with Crippen LogP contribution in [0.25, 0.3) is 0 Å². The molecule has 0 atom stereocenters. The van der Waals surface area contributed by atoms with Crippen LogP contribution in [-0.2, 0) is 6.42 Å². The van der Waals surface area contributed by atoms with Gasteiger partial charge in [0.15, 0.2) is 5.78 Å². The van der Waals surface area contributed by atoms with Crippen LogP contribution < -0.4 is 0 Å². The zero-order valence-corrected chi connectivity index (χ0v) is 10.7. The average Bonchev–Trinajstić information content (AvgIpc) is 2.69. The monoisotopic (exact) mass is 268 g/mol. The molecule has 0 radical (unpaired) electrons. The molecule has 0 N–H and O–H groups in total. The van der Waals surface area contributed by atoms with Crippen molar-refractivity contribution in [2.45, 2.75) is 13.3 Å². The highest BCUT2D eigenvalue weighted by atomic mass is 35.5. The molecule has 17 heavy (non-hydrogen) atoms. The molecular formula is C13H10ClFOS. The van der Waals surface area contributed by atoms with E-state index in [9.17, 15) is 9.18 Å². The number of rotatable bonds is 3. The van der Waals surface area contributed by atoms with Gasteiger partial charge in [0, 0.05) is 16.3 Å². The minimum absolute atomic E-state index is 0.0654. The van der Waals surface area contributed by atoms with Crippen molar-refractivity contribution >= 4 is 28.7 Å². The number of aryl methyl sites for hydroxylation is 1. The Morgan fingerprint density at radius 3 is 2.71 bits per heavy atom. The van der Waals surface area contributed by atoms with Gasteiger partial charge in [0.2, 0.25) is 0 Å². The largest absolute Gasteiger partial charge is 0.293 e.